The zero-order chi connectivity index (χ0) is 10.8. The van der Waals surface area contributed by atoms with Crippen molar-refractivity contribution >= 4 is 5.69 Å². The maximum Gasteiger partial charge on any atom is 0.416 e. The van der Waals surface area contributed by atoms with E-state index in [-0.39, 0.29) is 0 Å². The molecule has 0 radical (unpaired) electrons. The molecule has 0 bridgehead atoms. The molecule has 1 nitrogen and oxygen atoms in total. The van der Waals surface area contributed by atoms with E-state index in [0.29, 0.717) is 17.7 Å². The summed E-state index contributed by atoms with van der Waals surface area (Å²) in [5.74, 6) is 0. The summed E-state index contributed by atoms with van der Waals surface area (Å²) in [6, 6.07) is 3.29. The maximum absolute atomic E-state index is 12.3. The highest BCUT2D eigenvalue weighted by Gasteiger charge is 2.30. The quantitative estimate of drug-likeness (QED) is 0.577. The second kappa shape index (κ2) is 3.74. The van der Waals surface area contributed by atoms with E-state index in [1.165, 1.54) is 12.1 Å². The lowest BCUT2D eigenvalue weighted by molar-refractivity contribution is -0.137. The van der Waals surface area contributed by atoms with Gasteiger partial charge in [0.15, 0.2) is 0 Å². The highest BCUT2D eigenvalue weighted by atomic mass is 19.4. The molecule has 0 aliphatic heterocycles. The van der Waals surface area contributed by atoms with E-state index >= 15 is 0 Å². The zero-order valence-corrected chi connectivity index (χ0v) is 7.43. The van der Waals surface area contributed by atoms with Crippen molar-refractivity contribution in [2.24, 2.45) is 0 Å². The van der Waals surface area contributed by atoms with Crippen molar-refractivity contribution in [1.29, 1.82) is 0 Å². The first-order valence-corrected chi connectivity index (χ1v) is 4.01. The number of nitrogen functional groups attached to an aromatic ring is 1. The van der Waals surface area contributed by atoms with Gasteiger partial charge in [0.25, 0.3) is 0 Å². The third-order valence-electron chi connectivity index (χ3n) is 1.83. The van der Waals surface area contributed by atoms with Crippen molar-refractivity contribution in [2.75, 3.05) is 5.73 Å². The van der Waals surface area contributed by atoms with Crippen LogP contribution < -0.4 is 5.73 Å². The molecule has 14 heavy (non-hydrogen) atoms. The minimum atomic E-state index is -4.32. The molecule has 0 aliphatic rings. The number of nitrogens with two attached hydrogens (primary N) is 1. The summed E-state index contributed by atoms with van der Waals surface area (Å²) in [6.45, 7) is 3.45. The molecule has 0 fully saturated rings. The summed E-state index contributed by atoms with van der Waals surface area (Å²) in [4.78, 5) is 0. The summed E-state index contributed by atoms with van der Waals surface area (Å²) in [6.07, 6.45) is -2.45. The molecular weight excluding hydrogens is 191 g/mol. The number of anilines is 1. The van der Waals surface area contributed by atoms with E-state index in [1.807, 2.05) is 0 Å². The highest BCUT2D eigenvalue weighted by Crippen LogP contribution is 2.31. The fourth-order valence-electron chi connectivity index (χ4n) is 1.11. The molecule has 1 rings (SSSR count). The topological polar surface area (TPSA) is 26.0 Å². The predicted octanol–water partition coefficient (Wildman–Crippen LogP) is 3.02. The summed E-state index contributed by atoms with van der Waals surface area (Å²) >= 11 is 0. The molecule has 76 valence electrons. The van der Waals surface area contributed by atoms with Crippen LogP contribution in [0.15, 0.2) is 30.9 Å². The first-order valence-electron chi connectivity index (χ1n) is 4.01. The Kier molecular flexibility index (Phi) is 2.84. The van der Waals surface area contributed by atoms with Gasteiger partial charge in [0.1, 0.15) is 0 Å². The van der Waals surface area contributed by atoms with Gasteiger partial charge in [-0.1, -0.05) is 6.08 Å². The van der Waals surface area contributed by atoms with Gasteiger partial charge in [-0.15, -0.1) is 6.58 Å². The minimum absolute atomic E-state index is 0.343. The Labute approximate surface area is 80.0 Å². The molecule has 0 saturated carbocycles. The highest BCUT2D eigenvalue weighted by molar-refractivity contribution is 5.49. The van der Waals surface area contributed by atoms with Crippen LogP contribution in [-0.4, -0.2) is 0 Å². The maximum atomic E-state index is 12.3. The van der Waals surface area contributed by atoms with Crippen molar-refractivity contribution in [2.45, 2.75) is 12.6 Å². The van der Waals surface area contributed by atoms with Crippen molar-refractivity contribution in [3.8, 4) is 0 Å². The van der Waals surface area contributed by atoms with Crippen LogP contribution in [0.3, 0.4) is 0 Å². The first kappa shape index (κ1) is 10.6. The average molecular weight is 201 g/mol. The SMILES string of the molecule is C=CCc1cc(C(F)(F)F)ccc1N. The van der Waals surface area contributed by atoms with E-state index in [9.17, 15) is 13.2 Å². The van der Waals surface area contributed by atoms with Crippen LogP contribution in [0.4, 0.5) is 18.9 Å². The van der Waals surface area contributed by atoms with E-state index in [4.69, 9.17) is 5.73 Å². The van der Waals surface area contributed by atoms with Gasteiger partial charge in [-0.2, -0.15) is 13.2 Å². The number of rotatable bonds is 2. The number of hydrogen-bond donors (Lipinski definition) is 1. The number of alkyl halides is 3. The zero-order valence-electron chi connectivity index (χ0n) is 7.43. The monoisotopic (exact) mass is 201 g/mol. The molecule has 0 heterocycles. The number of benzene rings is 1. The first-order chi connectivity index (χ1) is 6.45. The minimum Gasteiger partial charge on any atom is -0.398 e. The molecule has 1 aromatic rings. The molecule has 0 spiro atoms. The van der Waals surface area contributed by atoms with E-state index in [2.05, 4.69) is 6.58 Å². The van der Waals surface area contributed by atoms with Crippen LogP contribution in [0, 0.1) is 0 Å². The summed E-state index contributed by atoms with van der Waals surface area (Å²) < 4.78 is 36.8. The average Bonchev–Trinajstić information content (AvgIpc) is 2.07. The van der Waals surface area contributed by atoms with Crippen molar-refractivity contribution < 1.29 is 13.2 Å². The summed E-state index contributed by atoms with van der Waals surface area (Å²) in [5, 5.41) is 0. The Balaban J connectivity index is 3.12. The van der Waals surface area contributed by atoms with Gasteiger partial charge in [-0.05, 0) is 30.2 Å². The molecule has 4 heteroatoms. The third kappa shape index (κ3) is 2.28. The lowest BCUT2D eigenvalue weighted by Gasteiger charge is -2.09. The number of hydrogen-bond acceptors (Lipinski definition) is 1. The molecule has 0 atom stereocenters. The fourth-order valence-corrected chi connectivity index (χ4v) is 1.11. The predicted molar refractivity (Wildman–Crippen MR) is 49.8 cm³/mol. The summed E-state index contributed by atoms with van der Waals surface area (Å²) in [5.41, 5.74) is 5.64. The lowest BCUT2D eigenvalue weighted by Crippen LogP contribution is -2.06. The van der Waals surface area contributed by atoms with Crippen LogP contribution in [0.25, 0.3) is 0 Å². The van der Waals surface area contributed by atoms with Gasteiger partial charge in [0.2, 0.25) is 0 Å². The Morgan fingerprint density at radius 1 is 1.36 bits per heavy atom. The number of allylic oxidation sites excluding steroid dienone is 1. The smallest absolute Gasteiger partial charge is 0.398 e. The van der Waals surface area contributed by atoms with Crippen LogP contribution >= 0.6 is 0 Å². The van der Waals surface area contributed by atoms with Crippen molar-refractivity contribution in [3.05, 3.63) is 42.0 Å². The van der Waals surface area contributed by atoms with Gasteiger partial charge in [0, 0.05) is 5.69 Å². The molecule has 2 N–H and O–H groups in total. The molecule has 0 unspecified atom stereocenters. The number of halogens is 3. The Hall–Kier alpha value is -1.45. The van der Waals surface area contributed by atoms with E-state index < -0.39 is 11.7 Å². The van der Waals surface area contributed by atoms with Gasteiger partial charge < -0.3 is 5.73 Å². The molecule has 0 aliphatic carbocycles. The second-order valence-electron chi connectivity index (χ2n) is 2.90. The lowest BCUT2D eigenvalue weighted by atomic mass is 10.1. The van der Waals surface area contributed by atoms with Gasteiger partial charge >= 0.3 is 6.18 Å². The molecule has 0 saturated heterocycles. The van der Waals surface area contributed by atoms with Crippen LogP contribution in [0.2, 0.25) is 0 Å². The van der Waals surface area contributed by atoms with Crippen molar-refractivity contribution in [1.82, 2.24) is 0 Å². The molecular formula is C10H10F3N. The Morgan fingerprint density at radius 2 is 2.00 bits per heavy atom. The van der Waals surface area contributed by atoms with Gasteiger partial charge in [-0.3, -0.25) is 0 Å². The van der Waals surface area contributed by atoms with E-state index in [0.717, 1.165) is 12.1 Å². The normalized spacial score (nSPS) is 11.4. The molecule has 0 aromatic heterocycles. The summed E-state index contributed by atoms with van der Waals surface area (Å²) in [7, 11) is 0. The van der Waals surface area contributed by atoms with Crippen LogP contribution in [-0.2, 0) is 12.6 Å². The Morgan fingerprint density at radius 3 is 2.50 bits per heavy atom. The Bertz CT molecular complexity index is 342. The second-order valence-corrected chi connectivity index (χ2v) is 2.90. The third-order valence-corrected chi connectivity index (χ3v) is 1.83. The van der Waals surface area contributed by atoms with Gasteiger partial charge in [0.05, 0.1) is 5.56 Å². The van der Waals surface area contributed by atoms with E-state index in [1.54, 1.807) is 0 Å². The van der Waals surface area contributed by atoms with Crippen molar-refractivity contribution in [3.63, 3.8) is 0 Å². The van der Waals surface area contributed by atoms with Crippen LogP contribution in [0.5, 0.6) is 0 Å². The van der Waals surface area contributed by atoms with Crippen LogP contribution in [0.1, 0.15) is 11.1 Å². The molecule has 1 aromatic carbocycles. The standard InChI is InChI=1S/C10H10F3N/c1-2-3-7-6-8(10(11,12)13)4-5-9(7)14/h2,4-6H,1,3,14H2. The fraction of sp³-hybridized carbons (Fsp3) is 0.200. The van der Waals surface area contributed by atoms with Gasteiger partial charge in [-0.25, -0.2) is 0 Å². The largest absolute Gasteiger partial charge is 0.416 e. The molecule has 0 amide bonds.